The normalized spacial score (nSPS) is 20.4. The Morgan fingerprint density at radius 2 is 1.83 bits per heavy atom. The molecule has 190 valence electrons. The van der Waals surface area contributed by atoms with Crippen LogP contribution in [-0.4, -0.2) is 32.1 Å². The number of Topliss-reactive ketones (excluding diaryl/α,β-unsaturated/α-hetero) is 1. The lowest BCUT2D eigenvalue weighted by atomic mass is 9.71. The average Bonchev–Trinajstić information content (AvgIpc) is 2.86. The van der Waals surface area contributed by atoms with Gasteiger partial charge >= 0.3 is 5.97 Å². The van der Waals surface area contributed by atoms with Crippen LogP contribution in [0.5, 0.6) is 11.5 Å². The molecule has 6 nitrogen and oxygen atoms in total. The van der Waals surface area contributed by atoms with E-state index in [1.807, 2.05) is 57.2 Å². The van der Waals surface area contributed by atoms with Gasteiger partial charge in [0.15, 0.2) is 17.3 Å². The molecule has 7 heteroatoms. The van der Waals surface area contributed by atoms with Crippen LogP contribution in [0.4, 0.5) is 0 Å². The molecule has 2 aliphatic rings. The smallest absolute Gasteiger partial charge is 0.337 e. The Balaban J connectivity index is 1.76. The first-order chi connectivity index (χ1) is 17.3. The predicted molar refractivity (Wildman–Crippen MR) is 139 cm³/mol. The van der Waals surface area contributed by atoms with Gasteiger partial charge in [0.05, 0.1) is 25.9 Å². The molecule has 0 aromatic heterocycles. The fraction of sp³-hybridized carbons (Fsp3) is 0.379. The Kier molecular flexibility index (Phi) is 7.74. The quantitative estimate of drug-likeness (QED) is 0.457. The van der Waals surface area contributed by atoms with Gasteiger partial charge in [-0.2, -0.15) is 0 Å². The van der Waals surface area contributed by atoms with Crippen molar-refractivity contribution in [2.75, 3.05) is 14.2 Å². The van der Waals surface area contributed by atoms with E-state index in [1.165, 1.54) is 0 Å². The number of methoxy groups -OCH3 is 2. The second-order valence-corrected chi connectivity index (χ2v) is 9.75. The molecule has 0 spiro atoms. The van der Waals surface area contributed by atoms with Crippen molar-refractivity contribution < 1.29 is 23.8 Å². The third-order valence-corrected chi connectivity index (χ3v) is 7.23. The lowest BCUT2D eigenvalue weighted by Crippen LogP contribution is -2.36. The van der Waals surface area contributed by atoms with Crippen LogP contribution in [0.25, 0.3) is 0 Å². The Bertz CT molecular complexity index is 1250. The number of ketones is 1. The van der Waals surface area contributed by atoms with Gasteiger partial charge in [-0.1, -0.05) is 36.7 Å². The lowest BCUT2D eigenvalue weighted by molar-refractivity contribution is -0.144. The van der Waals surface area contributed by atoms with E-state index in [2.05, 4.69) is 5.32 Å². The van der Waals surface area contributed by atoms with Crippen LogP contribution in [0.3, 0.4) is 0 Å². The summed E-state index contributed by atoms with van der Waals surface area (Å²) < 4.78 is 16.6. The largest absolute Gasteiger partial charge is 0.493 e. The molecule has 1 N–H and O–H groups in total. The molecule has 0 radical (unpaired) electrons. The maximum Gasteiger partial charge on any atom is 0.337 e. The van der Waals surface area contributed by atoms with Crippen LogP contribution in [-0.2, 0) is 14.3 Å². The van der Waals surface area contributed by atoms with Gasteiger partial charge in [-0.3, -0.25) is 4.79 Å². The molecule has 0 amide bonds. The Hall–Kier alpha value is -3.25. The summed E-state index contributed by atoms with van der Waals surface area (Å²) in [6.07, 6.45) is 1.41. The minimum Gasteiger partial charge on any atom is -0.493 e. The molecule has 0 bridgehead atoms. The van der Waals surface area contributed by atoms with Gasteiger partial charge in [-0.25, -0.2) is 4.79 Å². The van der Waals surface area contributed by atoms with Crippen molar-refractivity contribution in [1.82, 2.24) is 5.32 Å². The number of ether oxygens (including phenoxy) is 3. The zero-order valence-corrected chi connectivity index (χ0v) is 22.1. The first kappa shape index (κ1) is 25.8. The number of allylic oxidation sites excluding steroid dienone is 3. The molecular formula is C29H32ClNO5. The predicted octanol–water partition coefficient (Wildman–Crippen LogP) is 6.06. The highest BCUT2D eigenvalue weighted by molar-refractivity contribution is 6.30. The molecule has 1 aliphatic heterocycles. The SMILES string of the molecule is CC[C@H](C)OC(=O)C1=C(C)NC2=C(C(=O)C[C@H](c3ccc(OC)c(OC)c3)C2)[C@@H]1c1cccc(Cl)c1. The maximum atomic E-state index is 13.8. The van der Waals surface area contributed by atoms with Crippen molar-refractivity contribution in [3.8, 4) is 11.5 Å². The summed E-state index contributed by atoms with van der Waals surface area (Å²) in [5.41, 5.74) is 4.37. The van der Waals surface area contributed by atoms with E-state index in [-0.39, 0.29) is 17.8 Å². The van der Waals surface area contributed by atoms with Crippen LogP contribution in [0.15, 0.2) is 65.0 Å². The third kappa shape index (κ3) is 5.00. The van der Waals surface area contributed by atoms with E-state index in [9.17, 15) is 9.59 Å². The number of halogens is 1. The number of carbonyl (C=O) groups is 2. The van der Waals surface area contributed by atoms with Crippen LogP contribution in [0, 0.1) is 0 Å². The molecule has 2 aromatic rings. The summed E-state index contributed by atoms with van der Waals surface area (Å²) in [4.78, 5) is 27.1. The number of hydrogen-bond donors (Lipinski definition) is 1. The number of hydrogen-bond acceptors (Lipinski definition) is 6. The number of dihydropyridines is 1. The third-order valence-electron chi connectivity index (χ3n) is 6.99. The van der Waals surface area contributed by atoms with Crippen molar-refractivity contribution in [2.45, 2.75) is 58.0 Å². The van der Waals surface area contributed by atoms with E-state index in [4.69, 9.17) is 25.8 Å². The van der Waals surface area contributed by atoms with Crippen LogP contribution in [0.1, 0.15) is 63.0 Å². The van der Waals surface area contributed by atoms with Crippen LogP contribution < -0.4 is 14.8 Å². The zero-order valence-electron chi connectivity index (χ0n) is 21.3. The molecule has 1 heterocycles. The van der Waals surface area contributed by atoms with Gasteiger partial charge in [0, 0.05) is 34.3 Å². The van der Waals surface area contributed by atoms with Crippen molar-refractivity contribution >= 4 is 23.4 Å². The molecule has 2 aromatic carbocycles. The van der Waals surface area contributed by atoms with Gasteiger partial charge in [0.2, 0.25) is 0 Å². The summed E-state index contributed by atoms with van der Waals surface area (Å²) in [7, 11) is 3.19. The standard InChI is InChI=1S/C29H32ClNO5/c1-6-16(2)36-29(33)26-17(3)31-22-13-20(18-10-11-24(34-4)25(15-18)35-5)14-23(32)28(22)27(26)19-8-7-9-21(30)12-19/h7-12,15-16,20,27,31H,6,13-14H2,1-5H3/t16-,20+,27+/m0/s1. The molecule has 0 fully saturated rings. The van der Waals surface area contributed by atoms with Gasteiger partial charge in [-0.05, 0) is 68.0 Å². The van der Waals surface area contributed by atoms with Gasteiger partial charge < -0.3 is 19.5 Å². The number of esters is 1. The molecule has 3 atom stereocenters. The minimum absolute atomic E-state index is 0.00477. The number of benzene rings is 2. The van der Waals surface area contributed by atoms with Gasteiger partial charge in [-0.15, -0.1) is 0 Å². The van der Waals surface area contributed by atoms with Gasteiger partial charge in [0.25, 0.3) is 0 Å². The number of carbonyl (C=O) groups excluding carboxylic acids is 2. The molecule has 4 rings (SSSR count). The van der Waals surface area contributed by atoms with Crippen LogP contribution >= 0.6 is 11.6 Å². The van der Waals surface area contributed by atoms with E-state index in [0.29, 0.717) is 52.6 Å². The number of rotatable bonds is 7. The molecule has 0 saturated heterocycles. The number of nitrogens with one attached hydrogen (secondary N) is 1. The summed E-state index contributed by atoms with van der Waals surface area (Å²) in [5, 5.41) is 3.93. The fourth-order valence-electron chi connectivity index (χ4n) is 5.00. The molecule has 0 unspecified atom stereocenters. The van der Waals surface area contributed by atoms with E-state index < -0.39 is 11.9 Å². The maximum absolute atomic E-state index is 13.8. The van der Waals surface area contributed by atoms with Crippen molar-refractivity contribution in [2.24, 2.45) is 0 Å². The lowest BCUT2D eigenvalue weighted by Gasteiger charge is -2.37. The molecule has 36 heavy (non-hydrogen) atoms. The monoisotopic (exact) mass is 509 g/mol. The van der Waals surface area contributed by atoms with E-state index >= 15 is 0 Å². The van der Waals surface area contributed by atoms with Crippen molar-refractivity contribution in [3.05, 3.63) is 81.2 Å². The van der Waals surface area contributed by atoms with E-state index in [1.54, 1.807) is 20.3 Å². The summed E-state index contributed by atoms with van der Waals surface area (Å²) in [6, 6.07) is 13.1. The molecule has 0 saturated carbocycles. The Morgan fingerprint density at radius 1 is 1.08 bits per heavy atom. The second kappa shape index (κ2) is 10.8. The van der Waals surface area contributed by atoms with Gasteiger partial charge in [0.1, 0.15) is 0 Å². The minimum atomic E-state index is -0.546. The average molecular weight is 510 g/mol. The van der Waals surface area contributed by atoms with Crippen molar-refractivity contribution in [3.63, 3.8) is 0 Å². The second-order valence-electron chi connectivity index (χ2n) is 9.31. The fourth-order valence-corrected chi connectivity index (χ4v) is 5.20. The molecule has 1 aliphatic carbocycles. The summed E-state index contributed by atoms with van der Waals surface area (Å²) in [6.45, 7) is 5.69. The topological polar surface area (TPSA) is 73.9 Å². The highest BCUT2D eigenvalue weighted by Gasteiger charge is 2.41. The Labute approximate surface area is 217 Å². The summed E-state index contributed by atoms with van der Waals surface area (Å²) in [5.74, 6) is 0.265. The van der Waals surface area contributed by atoms with Crippen molar-refractivity contribution in [1.29, 1.82) is 0 Å². The first-order valence-electron chi connectivity index (χ1n) is 12.2. The Morgan fingerprint density at radius 3 is 2.50 bits per heavy atom. The molecular weight excluding hydrogens is 478 g/mol. The zero-order chi connectivity index (χ0) is 26.0. The first-order valence-corrected chi connectivity index (χ1v) is 12.6. The van der Waals surface area contributed by atoms with Crippen LogP contribution in [0.2, 0.25) is 5.02 Å². The summed E-state index contributed by atoms with van der Waals surface area (Å²) >= 11 is 6.33. The highest BCUT2D eigenvalue weighted by atomic mass is 35.5. The van der Waals surface area contributed by atoms with E-state index in [0.717, 1.165) is 16.8 Å². The highest BCUT2D eigenvalue weighted by Crippen LogP contribution is 2.46.